The molecule has 0 aliphatic rings. The Morgan fingerprint density at radius 1 is 1.25 bits per heavy atom. The van der Waals surface area contributed by atoms with Crippen molar-refractivity contribution in [1.82, 2.24) is 25.4 Å². The Hall–Kier alpha value is -2.77. The fraction of sp³-hybridized carbons (Fsp3) is 0.550. The minimum atomic E-state index is -0.00531. The fourth-order valence-corrected chi connectivity index (χ4v) is 2.87. The molecule has 0 aliphatic carbocycles. The zero-order valence-electron chi connectivity index (χ0n) is 17.5. The SMILES string of the molecule is CCCN=C(NCCn1cnnc1CC)NC(C)c1cc(OC)ccc1OC. The number of ether oxygens (including phenoxy) is 2. The van der Waals surface area contributed by atoms with Crippen LogP contribution in [0.5, 0.6) is 11.5 Å². The van der Waals surface area contributed by atoms with Crippen LogP contribution >= 0.6 is 0 Å². The lowest BCUT2D eigenvalue weighted by Crippen LogP contribution is -2.40. The molecular formula is C20H32N6O2. The van der Waals surface area contributed by atoms with Crippen molar-refractivity contribution in [1.29, 1.82) is 0 Å². The van der Waals surface area contributed by atoms with E-state index >= 15 is 0 Å². The van der Waals surface area contributed by atoms with Crippen LogP contribution in [0.4, 0.5) is 0 Å². The van der Waals surface area contributed by atoms with Gasteiger partial charge in [0.15, 0.2) is 5.96 Å². The van der Waals surface area contributed by atoms with E-state index < -0.39 is 0 Å². The molecule has 0 fully saturated rings. The van der Waals surface area contributed by atoms with Crippen molar-refractivity contribution < 1.29 is 9.47 Å². The molecule has 2 rings (SSSR count). The summed E-state index contributed by atoms with van der Waals surface area (Å²) in [7, 11) is 3.34. The molecule has 2 N–H and O–H groups in total. The number of guanidine groups is 1. The van der Waals surface area contributed by atoms with Crippen molar-refractivity contribution in [2.24, 2.45) is 4.99 Å². The average molecular weight is 389 g/mol. The van der Waals surface area contributed by atoms with Crippen LogP contribution in [0.3, 0.4) is 0 Å². The number of hydrogen-bond donors (Lipinski definition) is 2. The summed E-state index contributed by atoms with van der Waals surface area (Å²) in [5.74, 6) is 3.36. The first-order chi connectivity index (χ1) is 13.6. The van der Waals surface area contributed by atoms with E-state index in [1.807, 2.05) is 18.2 Å². The minimum absolute atomic E-state index is 0.00531. The molecule has 0 radical (unpaired) electrons. The van der Waals surface area contributed by atoms with Gasteiger partial charge in [-0.25, -0.2) is 0 Å². The molecule has 1 unspecified atom stereocenters. The summed E-state index contributed by atoms with van der Waals surface area (Å²) in [4.78, 5) is 4.65. The Bertz CT molecular complexity index is 759. The Morgan fingerprint density at radius 2 is 2.07 bits per heavy atom. The lowest BCUT2D eigenvalue weighted by Gasteiger charge is -2.21. The fourth-order valence-electron chi connectivity index (χ4n) is 2.87. The van der Waals surface area contributed by atoms with Gasteiger partial charge >= 0.3 is 0 Å². The van der Waals surface area contributed by atoms with Gasteiger partial charge in [0.25, 0.3) is 0 Å². The van der Waals surface area contributed by atoms with Gasteiger partial charge in [-0.3, -0.25) is 4.99 Å². The zero-order chi connectivity index (χ0) is 20.4. The van der Waals surface area contributed by atoms with Gasteiger partial charge in [-0.05, 0) is 31.5 Å². The van der Waals surface area contributed by atoms with E-state index in [1.165, 1.54) is 0 Å². The van der Waals surface area contributed by atoms with Crippen LogP contribution in [-0.4, -0.2) is 48.0 Å². The highest BCUT2D eigenvalue weighted by atomic mass is 16.5. The first kappa shape index (κ1) is 21.5. The highest BCUT2D eigenvalue weighted by molar-refractivity contribution is 5.80. The maximum absolute atomic E-state index is 5.51. The summed E-state index contributed by atoms with van der Waals surface area (Å²) >= 11 is 0. The molecular weight excluding hydrogens is 356 g/mol. The van der Waals surface area contributed by atoms with Crippen LogP contribution in [0, 0.1) is 0 Å². The molecule has 1 aromatic heterocycles. The molecule has 8 heteroatoms. The largest absolute Gasteiger partial charge is 0.497 e. The number of aliphatic imine (C=N–C) groups is 1. The van der Waals surface area contributed by atoms with Gasteiger partial charge in [0.2, 0.25) is 0 Å². The van der Waals surface area contributed by atoms with Gasteiger partial charge in [0.05, 0.1) is 20.3 Å². The van der Waals surface area contributed by atoms with Crippen molar-refractivity contribution in [3.05, 3.63) is 35.9 Å². The average Bonchev–Trinajstić information content (AvgIpc) is 3.18. The van der Waals surface area contributed by atoms with E-state index in [0.29, 0.717) is 0 Å². The van der Waals surface area contributed by atoms with Gasteiger partial charge in [0.1, 0.15) is 23.7 Å². The molecule has 2 aromatic rings. The van der Waals surface area contributed by atoms with Gasteiger partial charge in [-0.15, -0.1) is 10.2 Å². The van der Waals surface area contributed by atoms with Crippen LogP contribution in [0.2, 0.25) is 0 Å². The molecule has 0 saturated heterocycles. The van der Waals surface area contributed by atoms with E-state index in [2.05, 4.69) is 51.2 Å². The third-order valence-corrected chi connectivity index (χ3v) is 4.41. The van der Waals surface area contributed by atoms with Gasteiger partial charge in [-0.1, -0.05) is 13.8 Å². The lowest BCUT2D eigenvalue weighted by atomic mass is 10.1. The highest BCUT2D eigenvalue weighted by Gasteiger charge is 2.14. The minimum Gasteiger partial charge on any atom is -0.497 e. The number of aromatic nitrogens is 3. The number of nitrogens with zero attached hydrogens (tertiary/aromatic N) is 4. The first-order valence-electron chi connectivity index (χ1n) is 9.76. The van der Waals surface area contributed by atoms with Crippen LogP contribution < -0.4 is 20.1 Å². The van der Waals surface area contributed by atoms with Gasteiger partial charge in [-0.2, -0.15) is 0 Å². The van der Waals surface area contributed by atoms with Crippen molar-refractivity contribution >= 4 is 5.96 Å². The van der Waals surface area contributed by atoms with Crippen molar-refractivity contribution in [2.75, 3.05) is 27.3 Å². The molecule has 154 valence electrons. The van der Waals surface area contributed by atoms with Crippen LogP contribution in [0.15, 0.2) is 29.5 Å². The second-order valence-electron chi connectivity index (χ2n) is 6.43. The quantitative estimate of drug-likeness (QED) is 0.481. The standard InChI is InChI=1S/C20H32N6O2/c1-6-10-21-20(22-11-12-26-14-23-25-19(26)7-2)24-15(3)17-13-16(27-4)8-9-18(17)28-5/h8-9,13-15H,6-7,10-12H2,1-5H3,(H2,21,22,24). The van der Waals surface area contributed by atoms with Crippen LogP contribution in [-0.2, 0) is 13.0 Å². The van der Waals surface area contributed by atoms with Crippen molar-refractivity contribution in [2.45, 2.75) is 46.2 Å². The maximum Gasteiger partial charge on any atom is 0.191 e. The van der Waals surface area contributed by atoms with Gasteiger partial charge < -0.3 is 24.7 Å². The lowest BCUT2D eigenvalue weighted by molar-refractivity contribution is 0.394. The predicted octanol–water partition coefficient (Wildman–Crippen LogP) is 2.56. The second kappa shape index (κ2) is 11.2. The van der Waals surface area contributed by atoms with Crippen LogP contribution in [0.25, 0.3) is 0 Å². The molecule has 0 bridgehead atoms. The third kappa shape index (κ3) is 5.87. The molecule has 1 aromatic carbocycles. The summed E-state index contributed by atoms with van der Waals surface area (Å²) in [6, 6.07) is 5.79. The summed E-state index contributed by atoms with van der Waals surface area (Å²) in [5, 5.41) is 15.0. The van der Waals surface area contributed by atoms with Gasteiger partial charge in [0, 0.05) is 31.6 Å². The summed E-state index contributed by atoms with van der Waals surface area (Å²) in [6.07, 6.45) is 3.61. The monoisotopic (exact) mass is 388 g/mol. The molecule has 28 heavy (non-hydrogen) atoms. The maximum atomic E-state index is 5.51. The Morgan fingerprint density at radius 3 is 2.75 bits per heavy atom. The number of rotatable bonds is 10. The van der Waals surface area contributed by atoms with Crippen LogP contribution in [0.1, 0.15) is 44.6 Å². The third-order valence-electron chi connectivity index (χ3n) is 4.41. The molecule has 0 spiro atoms. The van der Waals surface area contributed by atoms with E-state index in [-0.39, 0.29) is 6.04 Å². The molecule has 0 aliphatic heterocycles. The summed E-state index contributed by atoms with van der Waals surface area (Å²) in [5.41, 5.74) is 1.01. The van der Waals surface area contributed by atoms with E-state index in [4.69, 9.17) is 9.47 Å². The normalized spacial score (nSPS) is 12.5. The number of nitrogens with one attached hydrogen (secondary N) is 2. The Labute approximate surface area is 167 Å². The summed E-state index contributed by atoms with van der Waals surface area (Å²) < 4.78 is 12.9. The number of hydrogen-bond acceptors (Lipinski definition) is 5. The number of methoxy groups -OCH3 is 2. The summed E-state index contributed by atoms with van der Waals surface area (Å²) in [6.45, 7) is 8.52. The Kier molecular flexibility index (Phi) is 8.58. The molecule has 8 nitrogen and oxygen atoms in total. The molecule has 0 amide bonds. The second-order valence-corrected chi connectivity index (χ2v) is 6.43. The molecule has 0 saturated carbocycles. The van der Waals surface area contributed by atoms with E-state index in [9.17, 15) is 0 Å². The topological polar surface area (TPSA) is 85.6 Å². The first-order valence-corrected chi connectivity index (χ1v) is 9.76. The predicted molar refractivity (Wildman–Crippen MR) is 111 cm³/mol. The van der Waals surface area contributed by atoms with Crippen molar-refractivity contribution in [3.63, 3.8) is 0 Å². The zero-order valence-corrected chi connectivity index (χ0v) is 17.5. The number of aryl methyl sites for hydroxylation is 1. The molecule has 1 heterocycles. The number of benzene rings is 1. The van der Waals surface area contributed by atoms with E-state index in [1.54, 1.807) is 20.5 Å². The highest BCUT2D eigenvalue weighted by Crippen LogP contribution is 2.29. The molecule has 1 atom stereocenters. The van der Waals surface area contributed by atoms with E-state index in [0.717, 1.165) is 61.3 Å². The Balaban J connectivity index is 2.05. The smallest absolute Gasteiger partial charge is 0.191 e. The van der Waals surface area contributed by atoms with Crippen molar-refractivity contribution in [3.8, 4) is 11.5 Å².